The van der Waals surface area contributed by atoms with E-state index in [0.29, 0.717) is 27.1 Å². The van der Waals surface area contributed by atoms with Crippen molar-refractivity contribution in [2.45, 2.75) is 6.04 Å². The second-order valence-electron chi connectivity index (χ2n) is 4.34. The van der Waals surface area contributed by atoms with E-state index < -0.39 is 6.04 Å². The fourth-order valence-electron chi connectivity index (χ4n) is 2.07. The third-order valence-corrected chi connectivity index (χ3v) is 4.53. The lowest BCUT2D eigenvalue weighted by molar-refractivity contribution is 0.354. The number of nitrogens with two attached hydrogens (primary N) is 1. The van der Waals surface area contributed by atoms with Crippen LogP contribution in [0.2, 0.25) is 0 Å². The summed E-state index contributed by atoms with van der Waals surface area (Å²) in [5, 5.41) is 0. The smallest absolute Gasteiger partial charge is 0.161 e. The van der Waals surface area contributed by atoms with Crippen LogP contribution >= 0.6 is 31.9 Å². The first-order valence-corrected chi connectivity index (χ1v) is 7.69. The maximum Gasteiger partial charge on any atom is 0.161 e. The molecule has 0 amide bonds. The maximum absolute atomic E-state index is 14.1. The predicted molar refractivity (Wildman–Crippen MR) is 87.4 cm³/mol. The first-order valence-electron chi connectivity index (χ1n) is 6.10. The Hall–Kier alpha value is -1.11. The topological polar surface area (TPSA) is 44.5 Å². The highest BCUT2D eigenvalue weighted by molar-refractivity contribution is 9.10. The van der Waals surface area contributed by atoms with E-state index >= 15 is 0 Å². The molecule has 6 heteroatoms. The number of halogens is 3. The first-order chi connectivity index (χ1) is 9.99. The van der Waals surface area contributed by atoms with E-state index in [-0.39, 0.29) is 5.82 Å². The highest BCUT2D eigenvalue weighted by Gasteiger charge is 2.21. The Labute approximate surface area is 139 Å². The van der Waals surface area contributed by atoms with Gasteiger partial charge in [0.15, 0.2) is 11.5 Å². The molecule has 0 aliphatic heterocycles. The Morgan fingerprint density at radius 2 is 1.67 bits per heavy atom. The van der Waals surface area contributed by atoms with E-state index in [0.717, 1.165) is 4.47 Å². The molecule has 3 nitrogen and oxygen atoms in total. The zero-order valence-corrected chi connectivity index (χ0v) is 14.7. The normalized spacial score (nSPS) is 12.1. The van der Waals surface area contributed by atoms with Crippen molar-refractivity contribution < 1.29 is 13.9 Å². The molecule has 0 fully saturated rings. The molecule has 0 radical (unpaired) electrons. The molecule has 0 spiro atoms. The van der Waals surface area contributed by atoms with Crippen molar-refractivity contribution in [1.29, 1.82) is 0 Å². The van der Waals surface area contributed by atoms with Crippen molar-refractivity contribution in [2.75, 3.05) is 14.2 Å². The largest absolute Gasteiger partial charge is 0.493 e. The zero-order chi connectivity index (χ0) is 15.6. The first kappa shape index (κ1) is 16.3. The van der Waals surface area contributed by atoms with Gasteiger partial charge in [0.2, 0.25) is 0 Å². The number of methoxy groups -OCH3 is 2. The number of ether oxygens (including phenoxy) is 2. The molecule has 2 N–H and O–H groups in total. The van der Waals surface area contributed by atoms with Gasteiger partial charge in [0.25, 0.3) is 0 Å². The summed E-state index contributed by atoms with van der Waals surface area (Å²) < 4.78 is 25.9. The van der Waals surface area contributed by atoms with Gasteiger partial charge in [-0.1, -0.05) is 37.9 Å². The van der Waals surface area contributed by atoms with Crippen LogP contribution < -0.4 is 15.2 Å². The van der Waals surface area contributed by atoms with Gasteiger partial charge in [-0.3, -0.25) is 0 Å². The van der Waals surface area contributed by atoms with Crippen molar-refractivity contribution in [3.8, 4) is 11.5 Å². The van der Waals surface area contributed by atoms with Gasteiger partial charge < -0.3 is 15.2 Å². The molecular formula is C15H14Br2FNO2. The second kappa shape index (κ2) is 6.77. The number of hydrogen-bond donors (Lipinski definition) is 1. The SMILES string of the molecule is COc1cc(Br)c(C(N)c2c(F)cccc2Br)cc1OC. The molecule has 1 atom stereocenters. The molecule has 0 aliphatic rings. The van der Waals surface area contributed by atoms with Crippen LogP contribution in [0.5, 0.6) is 11.5 Å². The molecule has 112 valence electrons. The quantitative estimate of drug-likeness (QED) is 0.799. The minimum absolute atomic E-state index is 0.362. The summed E-state index contributed by atoms with van der Waals surface area (Å²) in [6, 6.07) is 7.62. The Morgan fingerprint density at radius 3 is 2.24 bits per heavy atom. The molecule has 2 rings (SSSR count). The molecule has 21 heavy (non-hydrogen) atoms. The minimum Gasteiger partial charge on any atom is -0.493 e. The fraction of sp³-hybridized carbons (Fsp3) is 0.200. The second-order valence-corrected chi connectivity index (χ2v) is 6.05. The average molecular weight is 419 g/mol. The van der Waals surface area contributed by atoms with Crippen molar-refractivity contribution in [1.82, 2.24) is 0 Å². The molecule has 0 bridgehead atoms. The standard InChI is InChI=1S/C15H14Br2FNO2/c1-20-12-6-8(10(17)7-13(12)21-2)15(19)14-9(16)4-3-5-11(14)18/h3-7,15H,19H2,1-2H3. The fourth-order valence-corrected chi connectivity index (χ4v) is 3.23. The van der Waals surface area contributed by atoms with Crippen molar-refractivity contribution >= 4 is 31.9 Å². The van der Waals surface area contributed by atoms with Crippen LogP contribution in [0, 0.1) is 5.82 Å². The summed E-state index contributed by atoms with van der Waals surface area (Å²) in [6.45, 7) is 0. The van der Waals surface area contributed by atoms with Crippen LogP contribution in [0.25, 0.3) is 0 Å². The van der Waals surface area contributed by atoms with Crippen molar-refractivity contribution in [3.63, 3.8) is 0 Å². The number of benzene rings is 2. The predicted octanol–water partition coefficient (Wildman–Crippen LogP) is 4.42. The van der Waals surface area contributed by atoms with Gasteiger partial charge in [-0.15, -0.1) is 0 Å². The van der Waals surface area contributed by atoms with Gasteiger partial charge >= 0.3 is 0 Å². The van der Waals surface area contributed by atoms with Gasteiger partial charge in [-0.2, -0.15) is 0 Å². The van der Waals surface area contributed by atoms with Crippen LogP contribution in [-0.4, -0.2) is 14.2 Å². The summed E-state index contributed by atoms with van der Waals surface area (Å²) in [5.41, 5.74) is 7.34. The van der Waals surface area contributed by atoms with Gasteiger partial charge in [-0.05, 0) is 29.8 Å². The molecule has 0 saturated carbocycles. The third kappa shape index (κ3) is 3.22. The van der Waals surface area contributed by atoms with Crippen molar-refractivity contribution in [3.05, 3.63) is 56.2 Å². The Morgan fingerprint density at radius 1 is 1.05 bits per heavy atom. The highest BCUT2D eigenvalue weighted by atomic mass is 79.9. The van der Waals surface area contributed by atoms with Crippen LogP contribution in [0.15, 0.2) is 39.3 Å². The summed E-state index contributed by atoms with van der Waals surface area (Å²) in [5.74, 6) is 0.755. The van der Waals surface area contributed by atoms with E-state index in [4.69, 9.17) is 15.2 Å². The van der Waals surface area contributed by atoms with Gasteiger partial charge in [0, 0.05) is 14.5 Å². The van der Waals surface area contributed by atoms with Gasteiger partial charge in [0.05, 0.1) is 20.3 Å². The Balaban J connectivity index is 2.56. The summed E-state index contributed by atoms with van der Waals surface area (Å²) in [6.07, 6.45) is 0. The molecule has 0 saturated heterocycles. The number of hydrogen-bond acceptors (Lipinski definition) is 3. The van der Waals surface area contributed by atoms with Crippen LogP contribution in [0.3, 0.4) is 0 Å². The zero-order valence-electron chi connectivity index (χ0n) is 11.5. The van der Waals surface area contributed by atoms with E-state index in [9.17, 15) is 4.39 Å². The van der Waals surface area contributed by atoms with Crippen LogP contribution in [0.1, 0.15) is 17.2 Å². The molecule has 0 aliphatic carbocycles. The Kier molecular flexibility index (Phi) is 5.24. The Bertz CT molecular complexity index is 644. The molecule has 2 aromatic carbocycles. The molecular weight excluding hydrogens is 405 g/mol. The summed E-state index contributed by atoms with van der Waals surface area (Å²) in [4.78, 5) is 0. The van der Waals surface area contributed by atoms with E-state index in [2.05, 4.69) is 31.9 Å². The molecule has 0 heterocycles. The molecule has 2 aromatic rings. The van der Waals surface area contributed by atoms with Crippen LogP contribution in [0.4, 0.5) is 4.39 Å². The monoisotopic (exact) mass is 417 g/mol. The third-order valence-electron chi connectivity index (χ3n) is 3.15. The average Bonchev–Trinajstić information content (AvgIpc) is 2.46. The summed E-state index contributed by atoms with van der Waals surface area (Å²) >= 11 is 6.79. The van der Waals surface area contributed by atoms with E-state index in [1.807, 2.05) is 0 Å². The maximum atomic E-state index is 14.1. The highest BCUT2D eigenvalue weighted by Crippen LogP contribution is 2.39. The lowest BCUT2D eigenvalue weighted by atomic mass is 9.98. The van der Waals surface area contributed by atoms with Gasteiger partial charge in [-0.25, -0.2) is 4.39 Å². The van der Waals surface area contributed by atoms with E-state index in [1.54, 1.807) is 38.5 Å². The summed E-state index contributed by atoms with van der Waals surface area (Å²) in [7, 11) is 3.09. The van der Waals surface area contributed by atoms with Gasteiger partial charge in [0.1, 0.15) is 5.82 Å². The van der Waals surface area contributed by atoms with Crippen LogP contribution in [-0.2, 0) is 0 Å². The lowest BCUT2D eigenvalue weighted by Crippen LogP contribution is -2.15. The lowest BCUT2D eigenvalue weighted by Gasteiger charge is -2.19. The minimum atomic E-state index is -0.644. The van der Waals surface area contributed by atoms with Crippen molar-refractivity contribution in [2.24, 2.45) is 5.73 Å². The number of rotatable bonds is 4. The molecule has 0 aromatic heterocycles. The molecule has 1 unspecified atom stereocenters. The van der Waals surface area contributed by atoms with E-state index in [1.165, 1.54) is 6.07 Å².